The number of para-hydroxylation sites is 1. The summed E-state index contributed by atoms with van der Waals surface area (Å²) in [7, 11) is -0.685. The van der Waals surface area contributed by atoms with E-state index in [-0.39, 0.29) is 22.3 Å². The fourth-order valence-electron chi connectivity index (χ4n) is 6.46. The summed E-state index contributed by atoms with van der Waals surface area (Å²) in [4.78, 5) is 32.0. The van der Waals surface area contributed by atoms with E-state index < -0.39 is 28.5 Å². The number of anilines is 1. The lowest BCUT2D eigenvalue weighted by Gasteiger charge is -2.26. The highest BCUT2D eigenvalue weighted by Crippen LogP contribution is 2.39. The molecule has 6 rings (SSSR count). The molecule has 2 aliphatic rings. The Hall–Kier alpha value is -4.74. The molecule has 1 saturated heterocycles. The number of pyridine rings is 1. The van der Waals surface area contributed by atoms with Crippen LogP contribution in [-0.4, -0.2) is 63.5 Å². The minimum atomic E-state index is -3.74. The van der Waals surface area contributed by atoms with Gasteiger partial charge in [-0.25, -0.2) is 18.2 Å². The molecule has 0 radical (unpaired) electrons. The van der Waals surface area contributed by atoms with Gasteiger partial charge in [0.1, 0.15) is 11.5 Å². The third kappa shape index (κ3) is 6.93. The van der Waals surface area contributed by atoms with Crippen LogP contribution in [0.2, 0.25) is 0 Å². The van der Waals surface area contributed by atoms with Gasteiger partial charge in [0.2, 0.25) is 10.0 Å². The van der Waals surface area contributed by atoms with Gasteiger partial charge in [-0.1, -0.05) is 43.7 Å². The number of sulfonamides is 1. The van der Waals surface area contributed by atoms with Gasteiger partial charge in [0.15, 0.2) is 6.61 Å². The van der Waals surface area contributed by atoms with Gasteiger partial charge in [0.05, 0.1) is 41.6 Å². The Morgan fingerprint density at radius 3 is 2.44 bits per heavy atom. The second-order valence-corrected chi connectivity index (χ2v) is 14.2. The van der Waals surface area contributed by atoms with Gasteiger partial charge >= 0.3 is 5.97 Å². The summed E-state index contributed by atoms with van der Waals surface area (Å²) in [6.07, 6.45) is 6.10. The smallest absolute Gasteiger partial charge is 0.339 e. The molecule has 1 aliphatic heterocycles. The first-order chi connectivity index (χ1) is 23.2. The molecule has 3 aromatic carbocycles. The standard InChI is InChI=1S/C37H39N3O7S/c1-24-19-26(21-25-11-13-27(45-2)14-12-25)36-30(20-24)35(29-9-5-6-10-31(29)39-36)37(42)47-23-34(41)38-32-22-28(15-16-33(32)46-3)48(43,44)40-17-7-4-8-18-40/h5-6,9-16,21-22,24H,4,7-8,17-20,23H2,1-3H3,(H,38,41). The fraction of sp³-hybridized carbons (Fsp3) is 0.324. The Balaban J connectivity index is 1.26. The maximum atomic E-state index is 13.8. The lowest BCUT2D eigenvalue weighted by Crippen LogP contribution is -2.35. The van der Waals surface area contributed by atoms with E-state index in [1.807, 2.05) is 48.5 Å². The molecule has 1 fully saturated rings. The van der Waals surface area contributed by atoms with Crippen molar-refractivity contribution < 1.29 is 32.2 Å². The van der Waals surface area contributed by atoms with E-state index in [0.717, 1.165) is 53.8 Å². The molecule has 0 spiro atoms. The summed E-state index contributed by atoms with van der Waals surface area (Å²) in [5.74, 6) is 0.0231. The van der Waals surface area contributed by atoms with Crippen LogP contribution >= 0.6 is 0 Å². The SMILES string of the molecule is COc1ccc(C=C2CC(C)Cc3c2nc2ccccc2c3C(=O)OCC(=O)Nc2cc(S(=O)(=O)N3CCCCC3)ccc2OC)cc1. The van der Waals surface area contributed by atoms with Crippen LogP contribution in [0.15, 0.2) is 71.6 Å². The van der Waals surface area contributed by atoms with Gasteiger partial charge < -0.3 is 19.5 Å². The van der Waals surface area contributed by atoms with Crippen LogP contribution in [0, 0.1) is 5.92 Å². The molecule has 1 N–H and O–H groups in total. The van der Waals surface area contributed by atoms with Gasteiger partial charge in [-0.15, -0.1) is 0 Å². The van der Waals surface area contributed by atoms with E-state index in [0.29, 0.717) is 36.0 Å². The van der Waals surface area contributed by atoms with Crippen molar-refractivity contribution in [2.45, 2.75) is 43.9 Å². The molecule has 1 atom stereocenters. The van der Waals surface area contributed by atoms with Crippen molar-refractivity contribution in [1.82, 2.24) is 9.29 Å². The number of ether oxygens (including phenoxy) is 3. The molecule has 2 heterocycles. The highest BCUT2D eigenvalue weighted by molar-refractivity contribution is 7.89. The average Bonchev–Trinajstić information content (AvgIpc) is 3.10. The van der Waals surface area contributed by atoms with Crippen LogP contribution in [0.1, 0.15) is 59.8 Å². The van der Waals surface area contributed by atoms with Crippen molar-refractivity contribution in [2.75, 3.05) is 39.2 Å². The number of methoxy groups -OCH3 is 2. The number of benzene rings is 3. The number of allylic oxidation sites excluding steroid dienone is 1. The van der Waals surface area contributed by atoms with Crippen molar-refractivity contribution in [3.8, 4) is 11.5 Å². The Morgan fingerprint density at radius 1 is 0.958 bits per heavy atom. The molecule has 1 unspecified atom stereocenters. The maximum Gasteiger partial charge on any atom is 0.339 e. The number of carbonyl (C=O) groups is 2. The zero-order chi connectivity index (χ0) is 33.8. The molecular formula is C37H39N3O7S. The molecule has 1 aliphatic carbocycles. The summed E-state index contributed by atoms with van der Waals surface area (Å²) in [6, 6.07) is 19.5. The molecule has 48 heavy (non-hydrogen) atoms. The molecular weight excluding hydrogens is 630 g/mol. The van der Waals surface area contributed by atoms with Crippen molar-refractivity contribution in [2.24, 2.45) is 5.92 Å². The number of hydrogen-bond acceptors (Lipinski definition) is 8. The van der Waals surface area contributed by atoms with Gasteiger partial charge in [-0.2, -0.15) is 4.31 Å². The Bertz CT molecular complexity index is 1980. The second-order valence-electron chi connectivity index (χ2n) is 12.2. The number of fused-ring (bicyclic) bond motifs is 2. The molecule has 11 heteroatoms. The van der Waals surface area contributed by atoms with Crippen LogP contribution in [-0.2, 0) is 26.0 Å². The normalized spacial score (nSPS) is 17.5. The first-order valence-electron chi connectivity index (χ1n) is 16.1. The van der Waals surface area contributed by atoms with Crippen molar-refractivity contribution in [3.05, 3.63) is 89.1 Å². The summed E-state index contributed by atoms with van der Waals surface area (Å²) in [6.45, 7) is 2.46. The van der Waals surface area contributed by atoms with Gasteiger partial charge in [-0.3, -0.25) is 4.79 Å². The van der Waals surface area contributed by atoms with Gasteiger partial charge in [-0.05, 0) is 90.8 Å². The van der Waals surface area contributed by atoms with Crippen molar-refractivity contribution >= 4 is 50.1 Å². The number of carbonyl (C=O) groups excluding carboxylic acids is 2. The average molecular weight is 670 g/mol. The van der Waals surface area contributed by atoms with Crippen LogP contribution in [0.5, 0.6) is 11.5 Å². The number of nitrogens with one attached hydrogen (secondary N) is 1. The number of aromatic nitrogens is 1. The number of amides is 1. The van der Waals surface area contributed by atoms with Crippen LogP contribution in [0.3, 0.4) is 0 Å². The monoisotopic (exact) mass is 669 g/mol. The maximum absolute atomic E-state index is 13.8. The number of hydrogen-bond donors (Lipinski definition) is 1. The van der Waals surface area contributed by atoms with Crippen molar-refractivity contribution in [3.63, 3.8) is 0 Å². The number of rotatable bonds is 9. The predicted octanol–water partition coefficient (Wildman–Crippen LogP) is 6.35. The fourth-order valence-corrected chi connectivity index (χ4v) is 8.00. The minimum Gasteiger partial charge on any atom is -0.497 e. The topological polar surface area (TPSA) is 124 Å². The molecule has 0 bridgehead atoms. The Labute approximate surface area is 280 Å². The summed E-state index contributed by atoms with van der Waals surface area (Å²) >= 11 is 0. The van der Waals surface area contributed by atoms with Crippen LogP contribution in [0.4, 0.5) is 5.69 Å². The summed E-state index contributed by atoms with van der Waals surface area (Å²) < 4.78 is 44.4. The zero-order valence-electron chi connectivity index (χ0n) is 27.3. The Kier molecular flexibility index (Phi) is 9.79. The molecule has 250 valence electrons. The second kappa shape index (κ2) is 14.2. The first-order valence-corrected chi connectivity index (χ1v) is 17.5. The summed E-state index contributed by atoms with van der Waals surface area (Å²) in [5.41, 5.74) is 4.75. The third-order valence-corrected chi connectivity index (χ3v) is 10.7. The highest BCUT2D eigenvalue weighted by atomic mass is 32.2. The van der Waals surface area contributed by atoms with E-state index in [4.69, 9.17) is 19.2 Å². The van der Waals surface area contributed by atoms with E-state index in [2.05, 4.69) is 18.3 Å². The molecule has 0 saturated carbocycles. The lowest BCUT2D eigenvalue weighted by atomic mass is 9.80. The Morgan fingerprint density at radius 2 is 1.71 bits per heavy atom. The highest BCUT2D eigenvalue weighted by Gasteiger charge is 2.30. The largest absolute Gasteiger partial charge is 0.497 e. The molecule has 1 amide bonds. The van der Waals surface area contributed by atoms with E-state index >= 15 is 0 Å². The van der Waals surface area contributed by atoms with Gasteiger partial charge in [0.25, 0.3) is 5.91 Å². The van der Waals surface area contributed by atoms with E-state index in [1.165, 1.54) is 29.6 Å². The van der Waals surface area contributed by atoms with Crippen LogP contribution < -0.4 is 14.8 Å². The zero-order valence-corrected chi connectivity index (χ0v) is 28.1. The molecule has 1 aromatic heterocycles. The predicted molar refractivity (Wildman–Crippen MR) is 185 cm³/mol. The minimum absolute atomic E-state index is 0.0556. The third-order valence-electron chi connectivity index (χ3n) is 8.81. The van der Waals surface area contributed by atoms with Crippen LogP contribution in [0.25, 0.3) is 22.6 Å². The van der Waals surface area contributed by atoms with E-state index in [9.17, 15) is 18.0 Å². The number of esters is 1. The first kappa shape index (κ1) is 33.2. The lowest BCUT2D eigenvalue weighted by molar-refractivity contribution is -0.119. The number of piperidine rings is 1. The number of nitrogens with zero attached hydrogens (tertiary/aromatic N) is 2. The summed E-state index contributed by atoms with van der Waals surface area (Å²) in [5, 5.41) is 3.33. The molecule has 10 nitrogen and oxygen atoms in total. The quantitative estimate of drug-likeness (QED) is 0.205. The molecule has 4 aromatic rings. The van der Waals surface area contributed by atoms with Crippen molar-refractivity contribution in [1.29, 1.82) is 0 Å². The van der Waals surface area contributed by atoms with E-state index in [1.54, 1.807) is 7.11 Å². The van der Waals surface area contributed by atoms with Gasteiger partial charge in [0, 0.05) is 18.5 Å².